The van der Waals surface area contributed by atoms with Gasteiger partial charge in [-0.25, -0.2) is 9.18 Å². The number of halogens is 1. The van der Waals surface area contributed by atoms with E-state index < -0.39 is 5.97 Å². The number of aromatic carboxylic acids is 1. The van der Waals surface area contributed by atoms with E-state index in [1.165, 1.54) is 18.9 Å². The van der Waals surface area contributed by atoms with Crippen LogP contribution in [0, 0.1) is 11.2 Å². The lowest BCUT2D eigenvalue weighted by Crippen LogP contribution is -2.49. The number of fused-ring (bicyclic) bond motifs is 2. The van der Waals surface area contributed by atoms with Gasteiger partial charge in [-0.15, -0.1) is 0 Å². The van der Waals surface area contributed by atoms with E-state index in [9.17, 15) is 9.18 Å². The Morgan fingerprint density at radius 3 is 2.87 bits per heavy atom. The largest absolute Gasteiger partial charge is 0.478 e. The molecule has 0 radical (unpaired) electrons. The second-order valence-electron chi connectivity index (χ2n) is 7.56. The molecule has 1 aromatic rings. The molecule has 0 aromatic heterocycles. The predicted molar refractivity (Wildman–Crippen MR) is 85.0 cm³/mol. The molecule has 2 saturated heterocycles. The summed E-state index contributed by atoms with van der Waals surface area (Å²) in [7, 11) is 0. The van der Waals surface area contributed by atoms with Crippen molar-refractivity contribution in [2.45, 2.75) is 51.2 Å². The average molecular weight is 318 g/mol. The van der Waals surface area contributed by atoms with Crippen LogP contribution in [0.4, 0.5) is 4.39 Å². The minimum atomic E-state index is -1.06. The summed E-state index contributed by atoms with van der Waals surface area (Å²) in [4.78, 5) is 13.6. The zero-order chi connectivity index (χ0) is 16.2. The van der Waals surface area contributed by atoms with Gasteiger partial charge in [0.05, 0.1) is 5.56 Å². The summed E-state index contributed by atoms with van der Waals surface area (Å²) in [6, 6.07) is 3.87. The molecule has 3 fully saturated rings. The second kappa shape index (κ2) is 5.28. The summed E-state index contributed by atoms with van der Waals surface area (Å²) in [5.74, 6) is -1.42. The Bertz CT molecular complexity index is 649. The summed E-state index contributed by atoms with van der Waals surface area (Å²) in [6.45, 7) is 4.94. The van der Waals surface area contributed by atoms with Gasteiger partial charge in [0.2, 0.25) is 0 Å². The fraction of sp³-hybridized carbons (Fsp3) is 0.611. The number of hydrogen-bond acceptors (Lipinski definition) is 3. The van der Waals surface area contributed by atoms with E-state index in [0.29, 0.717) is 36.0 Å². The Morgan fingerprint density at radius 1 is 1.48 bits per heavy atom. The van der Waals surface area contributed by atoms with Gasteiger partial charge in [0.15, 0.2) is 0 Å². The lowest BCUT2D eigenvalue weighted by Gasteiger charge is -2.45. The van der Waals surface area contributed by atoms with Crippen LogP contribution in [0.1, 0.15) is 47.7 Å². The highest BCUT2D eigenvalue weighted by molar-refractivity contribution is 5.88. The third-order valence-corrected chi connectivity index (χ3v) is 6.00. The van der Waals surface area contributed by atoms with Crippen LogP contribution in [-0.4, -0.2) is 41.1 Å². The summed E-state index contributed by atoms with van der Waals surface area (Å²) >= 11 is 0. The summed E-state index contributed by atoms with van der Waals surface area (Å²) in [6.07, 6.45) is 4.17. The normalized spacial score (nSPS) is 32.4. The van der Waals surface area contributed by atoms with Crippen LogP contribution in [-0.2, 0) is 13.0 Å². The summed E-state index contributed by atoms with van der Waals surface area (Å²) < 4.78 is 14.3. The maximum atomic E-state index is 14.3. The first-order chi connectivity index (χ1) is 11.0. The van der Waals surface area contributed by atoms with E-state index in [1.54, 1.807) is 6.07 Å². The zero-order valence-electron chi connectivity index (χ0n) is 13.4. The van der Waals surface area contributed by atoms with Crippen LogP contribution in [0.15, 0.2) is 12.1 Å². The number of rotatable bonds is 4. The first kappa shape index (κ1) is 15.1. The van der Waals surface area contributed by atoms with Crippen molar-refractivity contribution < 1.29 is 14.3 Å². The van der Waals surface area contributed by atoms with E-state index in [0.717, 1.165) is 25.1 Å². The van der Waals surface area contributed by atoms with Gasteiger partial charge in [0, 0.05) is 31.7 Å². The molecular weight excluding hydrogens is 295 g/mol. The van der Waals surface area contributed by atoms with E-state index in [2.05, 4.69) is 17.1 Å². The van der Waals surface area contributed by atoms with Crippen molar-refractivity contribution in [3.8, 4) is 0 Å². The molecule has 1 aromatic carbocycles. The molecule has 4 aliphatic rings. The summed E-state index contributed by atoms with van der Waals surface area (Å²) in [5.41, 5.74) is 2.01. The quantitative estimate of drug-likeness (QED) is 0.895. The monoisotopic (exact) mass is 318 g/mol. The standard InChI is InChI=1S/C18H23FN2O2/c1-2-14-5-15-12(3-11(17(22)23)4-16(15)19)8-21(14)10-18-6-13(7-18)20-9-18/h3-4,13-14,20H,2,5-10H2,1H3,(H,22,23)/t13?,14-,18?/m0/s1. The van der Waals surface area contributed by atoms with Gasteiger partial charge in [-0.1, -0.05) is 6.92 Å². The lowest BCUT2D eigenvalue weighted by molar-refractivity contribution is 0.0629. The highest BCUT2D eigenvalue weighted by Gasteiger charge is 2.51. The fourth-order valence-electron chi connectivity index (χ4n) is 4.74. The molecule has 2 N–H and O–H groups in total. The maximum absolute atomic E-state index is 14.3. The molecule has 0 amide bonds. The molecule has 1 aliphatic carbocycles. The number of carboxylic acids is 1. The van der Waals surface area contributed by atoms with Gasteiger partial charge in [-0.2, -0.15) is 0 Å². The Hall–Kier alpha value is -1.46. The van der Waals surface area contributed by atoms with Crippen LogP contribution in [0.2, 0.25) is 0 Å². The second-order valence-corrected chi connectivity index (χ2v) is 7.56. The molecule has 2 bridgehead atoms. The first-order valence-electron chi connectivity index (χ1n) is 8.52. The number of benzene rings is 1. The zero-order valence-corrected chi connectivity index (χ0v) is 13.4. The number of hydrogen-bond donors (Lipinski definition) is 2. The molecule has 124 valence electrons. The molecule has 5 rings (SSSR count). The minimum absolute atomic E-state index is 0.0561. The van der Waals surface area contributed by atoms with Crippen molar-refractivity contribution in [2.24, 2.45) is 5.41 Å². The van der Waals surface area contributed by atoms with Gasteiger partial charge in [0.1, 0.15) is 5.82 Å². The summed E-state index contributed by atoms with van der Waals surface area (Å²) in [5, 5.41) is 12.7. The van der Waals surface area contributed by atoms with E-state index in [1.807, 2.05) is 0 Å². The van der Waals surface area contributed by atoms with Gasteiger partial charge < -0.3 is 10.4 Å². The Morgan fingerprint density at radius 2 is 2.26 bits per heavy atom. The van der Waals surface area contributed by atoms with Crippen LogP contribution < -0.4 is 5.32 Å². The predicted octanol–water partition coefficient (Wildman–Crippen LogP) is 2.41. The molecule has 5 heteroatoms. The molecule has 1 saturated carbocycles. The van der Waals surface area contributed by atoms with Gasteiger partial charge in [0.25, 0.3) is 0 Å². The first-order valence-corrected chi connectivity index (χ1v) is 8.52. The van der Waals surface area contributed by atoms with Crippen LogP contribution in [0.5, 0.6) is 0 Å². The molecular formula is C18H23FN2O2. The van der Waals surface area contributed by atoms with Crippen molar-refractivity contribution in [1.82, 2.24) is 10.2 Å². The van der Waals surface area contributed by atoms with E-state index >= 15 is 0 Å². The molecule has 0 spiro atoms. The van der Waals surface area contributed by atoms with Crippen molar-refractivity contribution >= 4 is 5.97 Å². The Balaban J connectivity index is 1.61. The van der Waals surface area contributed by atoms with Crippen LogP contribution in [0.3, 0.4) is 0 Å². The maximum Gasteiger partial charge on any atom is 0.335 e. The number of nitrogens with zero attached hydrogens (tertiary/aromatic N) is 1. The minimum Gasteiger partial charge on any atom is -0.478 e. The van der Waals surface area contributed by atoms with E-state index in [4.69, 9.17) is 5.11 Å². The van der Waals surface area contributed by atoms with Crippen molar-refractivity contribution in [3.05, 3.63) is 34.6 Å². The Kier molecular flexibility index (Phi) is 3.46. The molecule has 1 atom stereocenters. The third-order valence-electron chi connectivity index (χ3n) is 6.00. The van der Waals surface area contributed by atoms with Crippen LogP contribution in [0.25, 0.3) is 0 Å². The smallest absolute Gasteiger partial charge is 0.335 e. The molecule has 3 heterocycles. The SMILES string of the molecule is CC[C@H]1Cc2c(F)cc(C(=O)O)cc2CN1CC12CNC(C1)C2. The molecule has 3 aliphatic heterocycles. The average Bonchev–Trinajstić information content (AvgIpc) is 3.06. The van der Waals surface area contributed by atoms with Crippen molar-refractivity contribution in [2.75, 3.05) is 13.1 Å². The Labute approximate surface area is 135 Å². The number of nitrogens with one attached hydrogen (secondary N) is 1. The highest BCUT2D eigenvalue weighted by Crippen LogP contribution is 2.47. The number of carbonyl (C=O) groups is 1. The molecule has 4 nitrogen and oxygen atoms in total. The van der Waals surface area contributed by atoms with Gasteiger partial charge in [-0.3, -0.25) is 4.90 Å². The van der Waals surface area contributed by atoms with E-state index in [-0.39, 0.29) is 11.4 Å². The topological polar surface area (TPSA) is 52.6 Å². The highest BCUT2D eigenvalue weighted by atomic mass is 19.1. The van der Waals surface area contributed by atoms with Gasteiger partial charge >= 0.3 is 5.97 Å². The number of carboxylic acid groups (broad SMARTS) is 1. The lowest BCUT2D eigenvalue weighted by atomic mass is 9.69. The third kappa shape index (κ3) is 2.46. The van der Waals surface area contributed by atoms with Crippen molar-refractivity contribution in [3.63, 3.8) is 0 Å². The molecule has 23 heavy (non-hydrogen) atoms. The molecule has 0 unspecified atom stereocenters. The van der Waals surface area contributed by atoms with Gasteiger partial charge in [-0.05, 0) is 54.4 Å². The fourth-order valence-corrected chi connectivity index (χ4v) is 4.74. The van der Waals surface area contributed by atoms with Crippen LogP contribution >= 0.6 is 0 Å². The van der Waals surface area contributed by atoms with Crippen molar-refractivity contribution in [1.29, 1.82) is 0 Å².